The van der Waals surface area contributed by atoms with Crippen LogP contribution in [0.5, 0.6) is 0 Å². The summed E-state index contributed by atoms with van der Waals surface area (Å²) in [5.41, 5.74) is 0. The fraction of sp³-hybridized carbons (Fsp3) is 0.333. The molecule has 0 radical (unpaired) electrons. The topological polar surface area (TPSA) is 194 Å². The first-order chi connectivity index (χ1) is 13.1. The van der Waals surface area contributed by atoms with Crippen molar-refractivity contribution in [2.75, 3.05) is 6.54 Å². The Kier molecular flexibility index (Phi) is 7.10. The molecule has 1 aliphatic rings. The number of β-lactam (4-membered cyclic amide) rings is 1. The lowest BCUT2D eigenvalue weighted by Gasteiger charge is -2.35. The largest absolute Gasteiger partial charge is 0.481 e. The molecule has 1 atom stereocenters. The first kappa shape index (κ1) is 21.4. The highest BCUT2D eigenvalue weighted by Gasteiger charge is 2.41. The van der Waals surface area contributed by atoms with Gasteiger partial charge in [-0.1, -0.05) is 6.07 Å². The van der Waals surface area contributed by atoms with E-state index in [-0.39, 0.29) is 19.5 Å². The maximum Gasteiger partial charge on any atom is 0.418 e. The third-order valence-corrected chi connectivity index (χ3v) is 4.26. The summed E-state index contributed by atoms with van der Waals surface area (Å²) in [5.74, 6) is -2.09. The normalized spacial score (nSPS) is 16.0. The molecule has 3 heterocycles. The number of tetrazole rings is 1. The quantitative estimate of drug-likeness (QED) is 0.326. The van der Waals surface area contributed by atoms with Crippen LogP contribution in [0.3, 0.4) is 0 Å². The van der Waals surface area contributed by atoms with Gasteiger partial charge >= 0.3 is 16.4 Å². The van der Waals surface area contributed by atoms with Crippen LogP contribution in [0.2, 0.25) is 0 Å². The van der Waals surface area contributed by atoms with Gasteiger partial charge in [0.05, 0.1) is 13.0 Å². The summed E-state index contributed by atoms with van der Waals surface area (Å²) in [6, 6.07) is 2.76. The number of carboxylic acid groups (broad SMARTS) is 1. The van der Waals surface area contributed by atoms with E-state index in [2.05, 4.69) is 25.1 Å². The Bertz CT molecular complexity index is 914. The average molecular weight is 434 g/mol. The minimum atomic E-state index is -4.75. The van der Waals surface area contributed by atoms with Crippen molar-refractivity contribution in [2.45, 2.75) is 19.0 Å². The molecule has 28 heavy (non-hydrogen) atoms. The predicted molar refractivity (Wildman–Crippen MR) is 89.8 cm³/mol. The molecule has 0 aliphatic carbocycles. The lowest BCUT2D eigenvalue weighted by atomic mass is 10.1. The van der Waals surface area contributed by atoms with E-state index >= 15 is 0 Å². The van der Waals surface area contributed by atoms with Gasteiger partial charge in [-0.15, -0.1) is 20.7 Å². The second-order valence-corrected chi connectivity index (χ2v) is 7.22. The molecule has 2 aromatic rings. The molecule has 14 nitrogen and oxygen atoms in total. The van der Waals surface area contributed by atoms with Crippen LogP contribution in [0, 0.1) is 0 Å². The highest BCUT2D eigenvalue weighted by Crippen LogP contribution is 2.12. The highest BCUT2D eigenvalue weighted by molar-refractivity contribution is 7.80. The summed E-state index contributed by atoms with van der Waals surface area (Å²) < 4.78 is 34.1. The monoisotopic (exact) mass is 434 g/mol. The molecule has 16 heteroatoms. The maximum atomic E-state index is 11.4. The highest BCUT2D eigenvalue weighted by atomic mass is 32.3. The van der Waals surface area contributed by atoms with Crippen molar-refractivity contribution < 1.29 is 36.7 Å². The number of aromatic nitrogens is 4. The van der Waals surface area contributed by atoms with Crippen molar-refractivity contribution in [1.29, 1.82) is 0 Å². The molecule has 0 bridgehead atoms. The first-order valence-corrected chi connectivity index (χ1v) is 9.61. The number of aliphatic carboxylic acids is 1. The van der Waals surface area contributed by atoms with Gasteiger partial charge in [0.2, 0.25) is 5.91 Å². The van der Waals surface area contributed by atoms with Crippen molar-refractivity contribution in [2.24, 2.45) is 0 Å². The number of hydrogen-bond acceptors (Lipinski definition) is 10. The van der Waals surface area contributed by atoms with Crippen molar-refractivity contribution in [1.82, 2.24) is 30.6 Å². The molecular weight excluding hydrogens is 420 g/mol. The molecule has 1 fully saturated rings. The van der Waals surface area contributed by atoms with E-state index in [1.165, 1.54) is 17.7 Å². The van der Waals surface area contributed by atoms with Crippen molar-refractivity contribution in [3.63, 3.8) is 0 Å². The molecule has 2 amide bonds. The van der Waals surface area contributed by atoms with E-state index in [1.54, 1.807) is 0 Å². The van der Waals surface area contributed by atoms with Crippen LogP contribution >= 0.6 is 11.3 Å². The maximum absolute atomic E-state index is 11.4. The number of rotatable bonds is 7. The number of carbonyl (C=O) groups is 3. The van der Waals surface area contributed by atoms with Crippen LogP contribution in [0.15, 0.2) is 23.8 Å². The van der Waals surface area contributed by atoms with Crippen LogP contribution in [0.4, 0.5) is 0 Å². The second kappa shape index (κ2) is 9.31. The zero-order valence-electron chi connectivity index (χ0n) is 13.9. The minimum Gasteiger partial charge on any atom is -0.481 e. The second-order valence-electron chi connectivity index (χ2n) is 5.18. The van der Waals surface area contributed by atoms with Crippen LogP contribution in [0.25, 0.3) is 0 Å². The van der Waals surface area contributed by atoms with Gasteiger partial charge < -0.3 is 10.4 Å². The Hall–Kier alpha value is -2.95. The summed E-state index contributed by atoms with van der Waals surface area (Å²) >= 11 is 1.47. The van der Waals surface area contributed by atoms with Crippen LogP contribution in [-0.2, 0) is 42.0 Å². The molecule has 2 aromatic heterocycles. The lowest BCUT2D eigenvalue weighted by molar-refractivity contribution is -0.182. The van der Waals surface area contributed by atoms with Crippen molar-refractivity contribution in [3.8, 4) is 0 Å². The molecule has 0 spiro atoms. The van der Waals surface area contributed by atoms with Gasteiger partial charge in [0.15, 0.2) is 0 Å². The van der Waals surface area contributed by atoms with E-state index in [4.69, 9.17) is 9.66 Å². The van der Waals surface area contributed by atoms with E-state index < -0.39 is 34.2 Å². The molecule has 1 aliphatic heterocycles. The molecule has 3 rings (SSSR count). The third-order valence-electron chi connectivity index (χ3n) is 3.01. The third kappa shape index (κ3) is 6.99. The van der Waals surface area contributed by atoms with Gasteiger partial charge in [0.25, 0.3) is 5.91 Å². The molecular formula is C12H14N6O8S2. The average Bonchev–Trinajstić information content (AvgIpc) is 3.26. The number of amides is 2. The van der Waals surface area contributed by atoms with E-state index in [1.807, 2.05) is 17.5 Å². The summed E-state index contributed by atoms with van der Waals surface area (Å²) in [7, 11) is -4.75. The van der Waals surface area contributed by atoms with Crippen LogP contribution < -0.4 is 5.32 Å². The van der Waals surface area contributed by atoms with E-state index in [9.17, 15) is 22.8 Å². The number of thiophene rings is 1. The fourth-order valence-corrected chi connectivity index (χ4v) is 2.94. The van der Waals surface area contributed by atoms with Crippen LogP contribution in [-0.4, -0.2) is 73.7 Å². The molecule has 3 N–H and O–H groups in total. The van der Waals surface area contributed by atoms with Gasteiger partial charge in [0.1, 0.15) is 18.9 Å². The lowest BCUT2D eigenvalue weighted by Crippen LogP contribution is -2.64. The minimum absolute atomic E-state index is 0.150. The van der Waals surface area contributed by atoms with Gasteiger partial charge in [-0.25, -0.2) is 4.68 Å². The first-order valence-electron chi connectivity index (χ1n) is 7.37. The van der Waals surface area contributed by atoms with Gasteiger partial charge in [-0.3, -0.25) is 18.9 Å². The Morgan fingerprint density at radius 2 is 2.18 bits per heavy atom. The predicted octanol–water partition coefficient (Wildman–Crippen LogP) is -1.89. The van der Waals surface area contributed by atoms with Gasteiger partial charge in [-0.2, -0.15) is 13.5 Å². The van der Waals surface area contributed by atoms with E-state index in [0.717, 1.165) is 9.56 Å². The SMILES string of the molecule is O=C(Cn1cnnn1)N[C@H]1CN(OS(=O)(=O)O)C1=O.O=C(O)Cc1cccs1. The zero-order chi connectivity index (χ0) is 20.7. The Morgan fingerprint density at radius 1 is 1.43 bits per heavy atom. The molecule has 0 aromatic carbocycles. The summed E-state index contributed by atoms with van der Waals surface area (Å²) in [4.78, 5) is 33.8. The number of carboxylic acids is 1. The number of nitrogens with one attached hydrogen (secondary N) is 1. The number of hydroxylamine groups is 2. The summed E-state index contributed by atoms with van der Waals surface area (Å²) in [6.07, 6.45) is 1.37. The zero-order valence-corrected chi connectivity index (χ0v) is 15.5. The Morgan fingerprint density at radius 3 is 2.68 bits per heavy atom. The summed E-state index contributed by atoms with van der Waals surface area (Å²) in [6.45, 7) is -0.379. The van der Waals surface area contributed by atoms with Gasteiger partial charge in [0, 0.05) is 4.88 Å². The Balaban J connectivity index is 0.000000261. The fourth-order valence-electron chi connectivity index (χ4n) is 1.89. The number of nitrogens with zero attached hydrogens (tertiary/aromatic N) is 5. The molecule has 152 valence electrons. The summed E-state index contributed by atoms with van der Waals surface area (Å²) in [5, 5.41) is 23.0. The molecule has 0 unspecified atom stereocenters. The Labute approximate surface area is 161 Å². The number of hydrogen-bond donors (Lipinski definition) is 3. The number of carbonyl (C=O) groups excluding carboxylic acids is 2. The smallest absolute Gasteiger partial charge is 0.418 e. The molecule has 0 saturated carbocycles. The standard InChI is InChI=1S/C6H8N6O6S.C6H6O2S/c13-5(2-11-3-7-9-10-11)8-4-1-12(6(4)14)18-19(15,16)17;7-6(8)4-5-2-1-3-9-5/h3-4H,1-2H2,(H,8,13)(H,15,16,17);1-3H,4H2,(H,7,8)/t4-;/m0./s1. The van der Waals surface area contributed by atoms with Crippen LogP contribution in [0.1, 0.15) is 4.88 Å². The van der Waals surface area contributed by atoms with E-state index in [0.29, 0.717) is 5.06 Å². The van der Waals surface area contributed by atoms with Gasteiger partial charge in [-0.05, 0) is 21.9 Å². The van der Waals surface area contributed by atoms with Crippen molar-refractivity contribution in [3.05, 3.63) is 28.7 Å². The van der Waals surface area contributed by atoms with Crippen molar-refractivity contribution >= 4 is 39.5 Å². The molecule has 1 saturated heterocycles.